The van der Waals surface area contributed by atoms with Crippen LogP contribution in [0, 0.1) is 17.5 Å². The van der Waals surface area contributed by atoms with Crippen molar-refractivity contribution in [3.8, 4) is 11.1 Å². The van der Waals surface area contributed by atoms with E-state index in [4.69, 9.17) is 16.0 Å². The Morgan fingerprint density at radius 1 is 0.897 bits per heavy atom. The number of halogens is 4. The highest BCUT2D eigenvalue weighted by Crippen LogP contribution is 2.41. The minimum atomic E-state index is -0.932. The summed E-state index contributed by atoms with van der Waals surface area (Å²) in [7, 11) is 0. The van der Waals surface area contributed by atoms with E-state index >= 15 is 0 Å². The van der Waals surface area contributed by atoms with Gasteiger partial charge in [-0.3, -0.25) is 5.32 Å². The number of urea groups is 1. The molecule has 0 spiro atoms. The first kappa shape index (κ1) is 18.9. The summed E-state index contributed by atoms with van der Waals surface area (Å²) in [4.78, 5) is 12.4. The van der Waals surface area contributed by atoms with Crippen molar-refractivity contribution in [2.45, 2.75) is 0 Å². The van der Waals surface area contributed by atoms with Gasteiger partial charge in [-0.1, -0.05) is 29.8 Å². The number of hydrogen-bond acceptors (Lipinski definition) is 2. The number of carbonyl (C=O) groups excluding carboxylic acids is 1. The van der Waals surface area contributed by atoms with Gasteiger partial charge < -0.3 is 9.73 Å². The fourth-order valence-electron chi connectivity index (χ4n) is 2.94. The highest BCUT2D eigenvalue weighted by molar-refractivity contribution is 6.34. The fourth-order valence-corrected chi connectivity index (χ4v) is 3.17. The first-order valence-electron chi connectivity index (χ1n) is 8.42. The van der Waals surface area contributed by atoms with Crippen LogP contribution in [0.5, 0.6) is 0 Å². The van der Waals surface area contributed by atoms with Crippen LogP contribution in [-0.4, -0.2) is 6.03 Å². The van der Waals surface area contributed by atoms with Crippen molar-refractivity contribution < 1.29 is 22.4 Å². The maximum Gasteiger partial charge on any atom is 0.326 e. The summed E-state index contributed by atoms with van der Waals surface area (Å²) in [5.41, 5.74) is 0.997. The van der Waals surface area contributed by atoms with Gasteiger partial charge >= 0.3 is 6.03 Å². The molecule has 0 saturated carbocycles. The van der Waals surface area contributed by atoms with Crippen LogP contribution in [0.25, 0.3) is 22.1 Å². The minimum Gasteiger partial charge on any atom is -0.440 e. The van der Waals surface area contributed by atoms with Gasteiger partial charge in [0, 0.05) is 22.0 Å². The van der Waals surface area contributed by atoms with Crippen LogP contribution in [0.2, 0.25) is 5.02 Å². The number of rotatable bonds is 3. The summed E-state index contributed by atoms with van der Waals surface area (Å²) in [6.45, 7) is 0. The Morgan fingerprint density at radius 2 is 1.62 bits per heavy atom. The zero-order valence-electron chi connectivity index (χ0n) is 14.6. The molecule has 0 radical (unpaired) electrons. The van der Waals surface area contributed by atoms with Gasteiger partial charge in [0.1, 0.15) is 23.0 Å². The third kappa shape index (κ3) is 3.77. The number of benzene rings is 3. The molecule has 0 aliphatic carbocycles. The molecule has 0 fully saturated rings. The van der Waals surface area contributed by atoms with E-state index in [1.54, 1.807) is 24.3 Å². The summed E-state index contributed by atoms with van der Waals surface area (Å²) >= 11 is 6.28. The molecular weight excluding hydrogens is 405 g/mol. The van der Waals surface area contributed by atoms with Crippen LogP contribution in [0.15, 0.2) is 65.1 Å². The second kappa shape index (κ2) is 7.52. The predicted octanol–water partition coefficient (Wildman–Crippen LogP) is 6.81. The summed E-state index contributed by atoms with van der Waals surface area (Å²) in [6.07, 6.45) is 0. The molecule has 0 aliphatic rings. The number of nitrogens with one attached hydrogen (secondary N) is 2. The molecule has 2 N–H and O–H groups in total. The largest absolute Gasteiger partial charge is 0.440 e. The van der Waals surface area contributed by atoms with Crippen molar-refractivity contribution in [2.75, 3.05) is 10.6 Å². The lowest BCUT2D eigenvalue weighted by atomic mass is 10.0. The van der Waals surface area contributed by atoms with E-state index in [1.165, 1.54) is 18.2 Å². The molecule has 3 aromatic carbocycles. The van der Waals surface area contributed by atoms with E-state index in [0.717, 1.165) is 12.1 Å². The molecule has 0 saturated heterocycles. The summed E-state index contributed by atoms with van der Waals surface area (Å²) in [5, 5.41) is 5.53. The number of hydrogen-bond donors (Lipinski definition) is 2. The SMILES string of the molecule is O=C(Nc1ccc(F)cc1F)Nc1oc2ccc(F)cc2c1-c1ccccc1Cl. The Hall–Kier alpha value is -3.45. The second-order valence-electron chi connectivity index (χ2n) is 6.13. The quantitative estimate of drug-likeness (QED) is 0.385. The van der Waals surface area contributed by atoms with Gasteiger partial charge in [0.05, 0.1) is 11.3 Å². The van der Waals surface area contributed by atoms with Crippen LogP contribution >= 0.6 is 11.6 Å². The molecule has 8 heteroatoms. The standard InChI is InChI=1S/C21H12ClF3N2O2/c22-15-4-2-1-3-13(15)19-14-9-11(23)6-8-18(14)29-20(19)27-21(28)26-17-7-5-12(24)10-16(17)25/h1-10H,(H2,26,27,28). The number of amides is 2. The van der Waals surface area contributed by atoms with Gasteiger partial charge in [-0.15, -0.1) is 0 Å². The molecule has 4 aromatic rings. The molecule has 0 aliphatic heterocycles. The van der Waals surface area contributed by atoms with E-state index in [9.17, 15) is 18.0 Å². The number of furan rings is 1. The highest BCUT2D eigenvalue weighted by Gasteiger charge is 2.21. The highest BCUT2D eigenvalue weighted by atomic mass is 35.5. The normalized spacial score (nSPS) is 10.9. The lowest BCUT2D eigenvalue weighted by Crippen LogP contribution is -2.20. The molecular formula is C21H12ClF3N2O2. The van der Waals surface area contributed by atoms with Crippen LogP contribution < -0.4 is 10.6 Å². The molecule has 0 unspecified atom stereocenters. The van der Waals surface area contributed by atoms with Gasteiger partial charge in [-0.2, -0.15) is 0 Å². The van der Waals surface area contributed by atoms with Crippen LogP contribution in [0.4, 0.5) is 29.5 Å². The monoisotopic (exact) mass is 416 g/mol. The maximum atomic E-state index is 13.8. The third-order valence-electron chi connectivity index (χ3n) is 4.20. The zero-order chi connectivity index (χ0) is 20.5. The smallest absolute Gasteiger partial charge is 0.326 e. The Kier molecular flexibility index (Phi) is 4.90. The van der Waals surface area contributed by atoms with E-state index in [1.807, 2.05) is 0 Å². The molecule has 29 heavy (non-hydrogen) atoms. The third-order valence-corrected chi connectivity index (χ3v) is 4.53. The summed E-state index contributed by atoms with van der Waals surface area (Å²) in [5.74, 6) is -2.19. The van der Waals surface area contributed by atoms with Crippen molar-refractivity contribution in [3.63, 3.8) is 0 Å². The first-order chi connectivity index (χ1) is 13.9. The minimum absolute atomic E-state index is 0.00119. The van der Waals surface area contributed by atoms with E-state index < -0.39 is 23.5 Å². The predicted molar refractivity (Wildman–Crippen MR) is 106 cm³/mol. The summed E-state index contributed by atoms with van der Waals surface area (Å²) in [6, 6.07) is 12.6. The Morgan fingerprint density at radius 3 is 2.38 bits per heavy atom. The van der Waals surface area contributed by atoms with Gasteiger partial charge in [-0.05, 0) is 36.4 Å². The molecule has 0 bridgehead atoms. The van der Waals surface area contributed by atoms with Crippen molar-refractivity contribution in [2.24, 2.45) is 0 Å². The van der Waals surface area contributed by atoms with Crippen LogP contribution in [0.3, 0.4) is 0 Å². The maximum absolute atomic E-state index is 13.8. The average molecular weight is 417 g/mol. The lowest BCUT2D eigenvalue weighted by Gasteiger charge is -2.09. The van der Waals surface area contributed by atoms with Gasteiger partial charge in [-0.25, -0.2) is 18.0 Å². The number of carbonyl (C=O) groups is 1. The Balaban J connectivity index is 1.74. The van der Waals surface area contributed by atoms with Crippen LogP contribution in [0.1, 0.15) is 0 Å². The van der Waals surface area contributed by atoms with Crippen LogP contribution in [-0.2, 0) is 0 Å². The van der Waals surface area contributed by atoms with Gasteiger partial charge in [0.2, 0.25) is 5.88 Å². The average Bonchev–Trinajstić information content (AvgIpc) is 3.01. The Labute approximate surface area is 167 Å². The molecule has 4 nitrogen and oxygen atoms in total. The van der Waals surface area contributed by atoms with Gasteiger partial charge in [0.15, 0.2) is 0 Å². The molecule has 2 amide bonds. The molecule has 1 aromatic heterocycles. The lowest BCUT2D eigenvalue weighted by molar-refractivity contribution is 0.261. The van der Waals surface area contributed by atoms with E-state index in [-0.39, 0.29) is 11.6 Å². The zero-order valence-corrected chi connectivity index (χ0v) is 15.4. The Bertz CT molecular complexity index is 1240. The molecule has 1 heterocycles. The van der Waals surface area contributed by atoms with E-state index in [0.29, 0.717) is 33.2 Å². The molecule has 4 rings (SSSR count). The van der Waals surface area contributed by atoms with Crippen molar-refractivity contribution >= 4 is 40.2 Å². The van der Waals surface area contributed by atoms with Crippen molar-refractivity contribution in [3.05, 3.63) is 83.1 Å². The molecule has 0 atom stereocenters. The number of anilines is 2. The fraction of sp³-hybridized carbons (Fsp3) is 0. The molecule has 146 valence electrons. The second-order valence-corrected chi connectivity index (χ2v) is 6.54. The first-order valence-corrected chi connectivity index (χ1v) is 8.80. The van der Waals surface area contributed by atoms with E-state index in [2.05, 4.69) is 10.6 Å². The summed E-state index contributed by atoms with van der Waals surface area (Å²) < 4.78 is 46.3. The van der Waals surface area contributed by atoms with Crippen molar-refractivity contribution in [1.29, 1.82) is 0 Å². The van der Waals surface area contributed by atoms with Crippen molar-refractivity contribution in [1.82, 2.24) is 0 Å². The number of fused-ring (bicyclic) bond motifs is 1. The van der Waals surface area contributed by atoms with Gasteiger partial charge in [0.25, 0.3) is 0 Å². The topological polar surface area (TPSA) is 54.3 Å².